The van der Waals surface area contributed by atoms with Crippen molar-refractivity contribution in [3.63, 3.8) is 0 Å². The number of nitrogens with two attached hydrogens (primary N) is 1. The van der Waals surface area contributed by atoms with E-state index in [1.54, 1.807) is 19.2 Å². The Hall–Kier alpha value is -3.09. The molecule has 7 nitrogen and oxygen atoms in total. The minimum absolute atomic E-state index is 0.489. The van der Waals surface area contributed by atoms with E-state index < -0.39 is 0 Å². The summed E-state index contributed by atoms with van der Waals surface area (Å²) in [5.41, 5.74) is 9.43. The Labute approximate surface area is 127 Å². The molecule has 3 rings (SSSR count). The van der Waals surface area contributed by atoms with E-state index in [0.717, 1.165) is 16.7 Å². The minimum Gasteiger partial charge on any atom is -0.494 e. The molecular weight excluding hydrogens is 280 g/mol. The zero-order chi connectivity index (χ0) is 15.7. The van der Waals surface area contributed by atoms with Crippen LogP contribution in [0.1, 0.15) is 11.3 Å². The maximum atomic E-state index is 7.42. The van der Waals surface area contributed by atoms with Gasteiger partial charge in [-0.15, -0.1) is 0 Å². The summed E-state index contributed by atoms with van der Waals surface area (Å²) in [6, 6.07) is 5.41. The molecule has 0 saturated heterocycles. The normalized spacial score (nSPS) is 10.6. The molecule has 7 heteroatoms. The second-order valence-electron chi connectivity index (χ2n) is 4.89. The number of nitrogens with zero attached hydrogens (tertiary/aromatic N) is 2. The third kappa shape index (κ3) is 2.32. The van der Waals surface area contributed by atoms with Crippen molar-refractivity contribution in [1.29, 1.82) is 5.41 Å². The number of ether oxygens (including phenoxy) is 1. The molecule has 0 fully saturated rings. The summed E-state index contributed by atoms with van der Waals surface area (Å²) in [6.07, 6.45) is 2.69. The van der Waals surface area contributed by atoms with Crippen LogP contribution in [-0.2, 0) is 0 Å². The van der Waals surface area contributed by atoms with Crippen molar-refractivity contribution in [3.05, 3.63) is 35.8 Å². The molecule has 5 N–H and O–H groups in total. The molecule has 0 bridgehead atoms. The summed E-state index contributed by atoms with van der Waals surface area (Å²) in [5, 5.41) is 11.5. The average Bonchev–Trinajstić information content (AvgIpc) is 2.89. The summed E-state index contributed by atoms with van der Waals surface area (Å²) in [7, 11) is 1.57. The van der Waals surface area contributed by atoms with Gasteiger partial charge >= 0.3 is 0 Å². The monoisotopic (exact) mass is 296 g/mol. The largest absolute Gasteiger partial charge is 0.494 e. The van der Waals surface area contributed by atoms with E-state index in [-0.39, 0.29) is 0 Å². The number of hydrogen-bond donors (Lipinski definition) is 4. The zero-order valence-electron chi connectivity index (χ0n) is 12.3. The number of rotatable bonds is 4. The number of aromatic nitrogens is 3. The number of hydrogen-bond acceptors (Lipinski definition) is 6. The van der Waals surface area contributed by atoms with E-state index in [1.807, 2.05) is 13.0 Å². The predicted octanol–water partition coefficient (Wildman–Crippen LogP) is 2.60. The van der Waals surface area contributed by atoms with Crippen molar-refractivity contribution in [1.82, 2.24) is 15.0 Å². The highest BCUT2D eigenvalue weighted by molar-refractivity contribution is 5.93. The molecule has 0 amide bonds. The first-order valence-electron chi connectivity index (χ1n) is 6.67. The predicted molar refractivity (Wildman–Crippen MR) is 87.2 cm³/mol. The number of benzene rings is 1. The van der Waals surface area contributed by atoms with Crippen molar-refractivity contribution >= 4 is 34.4 Å². The maximum Gasteiger partial charge on any atom is 0.144 e. The third-order valence-electron chi connectivity index (χ3n) is 3.37. The molecular formula is C15H16N6O. The molecule has 0 aliphatic carbocycles. The smallest absolute Gasteiger partial charge is 0.144 e. The lowest BCUT2D eigenvalue weighted by molar-refractivity contribution is 0.417. The van der Waals surface area contributed by atoms with Crippen molar-refractivity contribution in [2.24, 2.45) is 0 Å². The molecule has 0 aliphatic heterocycles. The van der Waals surface area contributed by atoms with Gasteiger partial charge in [-0.3, -0.25) is 0 Å². The van der Waals surface area contributed by atoms with E-state index in [2.05, 4.69) is 20.3 Å². The molecule has 2 heterocycles. The second-order valence-corrected chi connectivity index (χ2v) is 4.89. The van der Waals surface area contributed by atoms with Crippen LogP contribution in [0, 0.1) is 12.3 Å². The van der Waals surface area contributed by atoms with Crippen LogP contribution >= 0.6 is 0 Å². The van der Waals surface area contributed by atoms with Gasteiger partial charge in [0.2, 0.25) is 0 Å². The lowest BCUT2D eigenvalue weighted by Crippen LogP contribution is -2.01. The molecule has 0 atom stereocenters. The van der Waals surface area contributed by atoms with Crippen LogP contribution in [0.3, 0.4) is 0 Å². The Balaban J connectivity index is 2.09. The molecule has 3 aromatic rings. The van der Waals surface area contributed by atoms with E-state index in [9.17, 15) is 0 Å². The van der Waals surface area contributed by atoms with Gasteiger partial charge in [0.15, 0.2) is 0 Å². The zero-order valence-corrected chi connectivity index (χ0v) is 12.3. The first-order chi connectivity index (χ1) is 10.6. The van der Waals surface area contributed by atoms with Crippen LogP contribution in [0.2, 0.25) is 0 Å². The number of nitrogens with one attached hydrogen (secondary N) is 3. The topological polar surface area (TPSA) is 113 Å². The average molecular weight is 296 g/mol. The number of aromatic amines is 1. The van der Waals surface area contributed by atoms with Crippen LogP contribution in [0.4, 0.5) is 17.2 Å². The molecule has 1 aromatic carbocycles. The Morgan fingerprint density at radius 3 is 2.86 bits per heavy atom. The van der Waals surface area contributed by atoms with Crippen molar-refractivity contribution < 1.29 is 4.74 Å². The van der Waals surface area contributed by atoms with E-state index in [0.29, 0.717) is 28.5 Å². The van der Waals surface area contributed by atoms with E-state index in [4.69, 9.17) is 15.9 Å². The van der Waals surface area contributed by atoms with Crippen LogP contribution in [0.25, 0.3) is 11.0 Å². The third-order valence-corrected chi connectivity index (χ3v) is 3.37. The molecule has 112 valence electrons. The number of fused-ring (bicyclic) bond motifs is 1. The number of H-pyrrole nitrogens is 1. The highest BCUT2D eigenvalue weighted by atomic mass is 16.5. The van der Waals surface area contributed by atoms with Gasteiger partial charge in [-0.05, 0) is 19.1 Å². The summed E-state index contributed by atoms with van der Waals surface area (Å²) in [5.74, 6) is 1.25. The van der Waals surface area contributed by atoms with Gasteiger partial charge in [-0.2, -0.15) is 0 Å². The lowest BCUT2D eigenvalue weighted by atomic mass is 10.1. The number of aryl methyl sites for hydroxylation is 1. The first kappa shape index (κ1) is 13.9. The molecule has 0 spiro atoms. The van der Waals surface area contributed by atoms with Crippen molar-refractivity contribution in [3.8, 4) is 5.75 Å². The Bertz CT molecular complexity index is 855. The number of nitrogen functional groups attached to an aromatic ring is 1. The van der Waals surface area contributed by atoms with Gasteiger partial charge in [-0.25, -0.2) is 9.97 Å². The maximum absolute atomic E-state index is 7.42. The SMILES string of the molecule is COc1cc(N)c(C=N)cc1Nc1ncnc2[nH]c(C)cc12. The lowest BCUT2D eigenvalue weighted by Gasteiger charge is -2.13. The quantitative estimate of drug-likeness (QED) is 0.436. The fraction of sp³-hybridized carbons (Fsp3) is 0.133. The highest BCUT2D eigenvalue weighted by Gasteiger charge is 2.11. The molecule has 0 aliphatic rings. The van der Waals surface area contributed by atoms with Gasteiger partial charge < -0.3 is 26.2 Å². The summed E-state index contributed by atoms with van der Waals surface area (Å²) in [4.78, 5) is 11.6. The van der Waals surface area contributed by atoms with Gasteiger partial charge in [0.1, 0.15) is 23.5 Å². The fourth-order valence-electron chi connectivity index (χ4n) is 2.30. The summed E-state index contributed by atoms with van der Waals surface area (Å²) in [6.45, 7) is 1.96. The van der Waals surface area contributed by atoms with Gasteiger partial charge in [-0.1, -0.05) is 0 Å². The summed E-state index contributed by atoms with van der Waals surface area (Å²) < 4.78 is 5.35. The molecule has 2 aromatic heterocycles. The standard InChI is InChI=1S/C15H16N6O/c1-8-3-10-14(20-8)18-7-19-15(10)21-12-4-9(6-16)11(17)5-13(12)22-2/h3-7,16H,17H2,1-2H3,(H2,18,19,20,21). The summed E-state index contributed by atoms with van der Waals surface area (Å²) >= 11 is 0. The Morgan fingerprint density at radius 1 is 1.32 bits per heavy atom. The molecule has 0 saturated carbocycles. The molecule has 22 heavy (non-hydrogen) atoms. The molecule has 0 unspecified atom stereocenters. The minimum atomic E-state index is 0.489. The van der Waals surface area contributed by atoms with Crippen LogP contribution in [-0.4, -0.2) is 28.3 Å². The van der Waals surface area contributed by atoms with Crippen LogP contribution in [0.15, 0.2) is 24.5 Å². The van der Waals surface area contributed by atoms with E-state index >= 15 is 0 Å². The number of anilines is 3. The number of methoxy groups -OCH3 is 1. The molecule has 0 radical (unpaired) electrons. The Kier molecular flexibility index (Phi) is 3.38. The fourth-order valence-corrected chi connectivity index (χ4v) is 2.30. The van der Waals surface area contributed by atoms with Gasteiger partial charge in [0, 0.05) is 29.2 Å². The van der Waals surface area contributed by atoms with E-state index in [1.165, 1.54) is 12.5 Å². The van der Waals surface area contributed by atoms with Crippen molar-refractivity contribution in [2.75, 3.05) is 18.2 Å². The van der Waals surface area contributed by atoms with Gasteiger partial charge in [0.25, 0.3) is 0 Å². The second kappa shape index (κ2) is 5.36. The Morgan fingerprint density at radius 2 is 2.14 bits per heavy atom. The van der Waals surface area contributed by atoms with Gasteiger partial charge in [0.05, 0.1) is 18.2 Å². The van der Waals surface area contributed by atoms with Crippen molar-refractivity contribution in [2.45, 2.75) is 6.92 Å². The highest BCUT2D eigenvalue weighted by Crippen LogP contribution is 2.33. The van der Waals surface area contributed by atoms with Crippen LogP contribution < -0.4 is 15.8 Å². The van der Waals surface area contributed by atoms with Crippen LogP contribution in [0.5, 0.6) is 5.75 Å². The first-order valence-corrected chi connectivity index (χ1v) is 6.67.